The number of benzene rings is 1. The van der Waals surface area contributed by atoms with Crippen LogP contribution < -0.4 is 5.32 Å². The van der Waals surface area contributed by atoms with Gasteiger partial charge in [-0.15, -0.1) is 0 Å². The molecule has 2 aliphatic heterocycles. The first kappa shape index (κ1) is 27.6. The fraction of sp³-hybridized carbons (Fsp3) is 0.400. The highest BCUT2D eigenvalue weighted by molar-refractivity contribution is 6.39. The van der Waals surface area contributed by atoms with E-state index in [9.17, 15) is 22.8 Å². The molecule has 0 aliphatic carbocycles. The Bertz CT molecular complexity index is 1140. The highest BCUT2D eigenvalue weighted by atomic mass is 19.4. The van der Waals surface area contributed by atoms with E-state index in [1.54, 1.807) is 12.4 Å². The van der Waals surface area contributed by atoms with Gasteiger partial charge in [-0.1, -0.05) is 41.1 Å². The minimum absolute atomic E-state index is 0.0796. The maximum atomic E-state index is 12.8. The van der Waals surface area contributed by atoms with Crippen molar-refractivity contribution in [2.45, 2.75) is 50.9 Å². The molecule has 3 heterocycles. The third kappa shape index (κ3) is 8.02. The number of aryl methyl sites for hydroxylation is 1. The average Bonchev–Trinajstić information content (AvgIpc) is 3.27. The maximum absolute atomic E-state index is 12.8. The first-order valence-electron chi connectivity index (χ1n) is 11.5. The second-order valence-electron chi connectivity index (χ2n) is 8.92. The van der Waals surface area contributed by atoms with Gasteiger partial charge in [0.1, 0.15) is 5.71 Å². The lowest BCUT2D eigenvalue weighted by atomic mass is 9.87. The van der Waals surface area contributed by atoms with Gasteiger partial charge in [0.25, 0.3) is 5.91 Å². The Morgan fingerprint density at radius 1 is 1.16 bits per heavy atom. The highest BCUT2D eigenvalue weighted by Crippen LogP contribution is 2.33. The summed E-state index contributed by atoms with van der Waals surface area (Å²) in [5.41, 5.74) is 2.89. The van der Waals surface area contributed by atoms with Gasteiger partial charge in [0, 0.05) is 31.9 Å². The number of nitrogens with one attached hydrogen (secondary N) is 1. The molecule has 0 radical (unpaired) electrons. The Kier molecular flexibility index (Phi) is 8.85. The number of aromatic nitrogens is 1. The number of hydrogen-bond donors (Lipinski definition) is 2. The SMILES string of the molecule is Cc1ccc(CC(=O)N2CCCC3(CC(C(=O)NCc4cccnc4)=NO3)C2)cc1.O=C(O)C(F)(F)F. The number of oxime groups is 1. The van der Waals surface area contributed by atoms with Gasteiger partial charge in [-0.3, -0.25) is 14.6 Å². The van der Waals surface area contributed by atoms with E-state index in [1.165, 1.54) is 5.56 Å². The summed E-state index contributed by atoms with van der Waals surface area (Å²) in [4.78, 5) is 45.8. The number of alkyl halides is 3. The number of carboxylic acids is 1. The molecule has 0 saturated carbocycles. The minimum atomic E-state index is -5.08. The number of halogens is 3. The molecule has 1 aromatic heterocycles. The molecule has 1 fully saturated rings. The van der Waals surface area contributed by atoms with Crippen molar-refractivity contribution in [3.05, 3.63) is 65.5 Å². The number of nitrogens with zero attached hydrogens (tertiary/aromatic N) is 3. The van der Waals surface area contributed by atoms with Crippen LogP contribution in [-0.4, -0.2) is 63.4 Å². The molecule has 1 spiro atoms. The molecule has 1 saturated heterocycles. The molecule has 1 unspecified atom stereocenters. The van der Waals surface area contributed by atoms with Gasteiger partial charge in [-0.25, -0.2) is 4.79 Å². The van der Waals surface area contributed by atoms with Crippen LogP contribution in [0.1, 0.15) is 36.0 Å². The fourth-order valence-corrected chi connectivity index (χ4v) is 3.95. The largest absolute Gasteiger partial charge is 0.490 e. The number of hydrogen-bond acceptors (Lipinski definition) is 6. The maximum Gasteiger partial charge on any atom is 0.490 e. The van der Waals surface area contributed by atoms with E-state index >= 15 is 0 Å². The van der Waals surface area contributed by atoms with E-state index in [2.05, 4.69) is 15.5 Å². The van der Waals surface area contributed by atoms with Gasteiger partial charge in [0.15, 0.2) is 5.60 Å². The van der Waals surface area contributed by atoms with Crippen molar-refractivity contribution in [2.75, 3.05) is 13.1 Å². The number of carbonyl (C=O) groups is 3. The molecular weight excluding hydrogens is 493 g/mol. The molecule has 2 N–H and O–H groups in total. The third-order valence-electron chi connectivity index (χ3n) is 5.89. The lowest BCUT2D eigenvalue weighted by molar-refractivity contribution is -0.192. The number of carbonyl (C=O) groups excluding carboxylic acids is 2. The molecule has 1 aromatic carbocycles. The molecule has 2 aromatic rings. The molecule has 1 atom stereocenters. The fourth-order valence-electron chi connectivity index (χ4n) is 3.95. The van der Waals surface area contributed by atoms with Gasteiger partial charge in [-0.05, 0) is 37.0 Å². The Labute approximate surface area is 211 Å². The Morgan fingerprint density at radius 2 is 1.86 bits per heavy atom. The molecule has 9 nitrogen and oxygen atoms in total. The number of rotatable bonds is 5. The molecule has 4 rings (SSSR count). The monoisotopic (exact) mass is 520 g/mol. The van der Waals surface area contributed by atoms with E-state index in [1.807, 2.05) is 48.2 Å². The quantitative estimate of drug-likeness (QED) is 0.625. The highest BCUT2D eigenvalue weighted by Gasteiger charge is 2.45. The summed E-state index contributed by atoms with van der Waals surface area (Å²) in [5, 5.41) is 14.1. The van der Waals surface area contributed by atoms with Crippen molar-refractivity contribution in [3.8, 4) is 0 Å². The molecule has 0 bridgehead atoms. The lowest BCUT2D eigenvalue weighted by Crippen LogP contribution is -2.51. The molecule has 198 valence electrons. The van der Waals surface area contributed by atoms with Crippen LogP contribution >= 0.6 is 0 Å². The summed E-state index contributed by atoms with van der Waals surface area (Å²) in [6, 6.07) is 11.8. The summed E-state index contributed by atoms with van der Waals surface area (Å²) in [7, 11) is 0. The zero-order valence-electron chi connectivity index (χ0n) is 20.1. The van der Waals surface area contributed by atoms with Gasteiger partial charge < -0.3 is 20.2 Å². The first-order valence-corrected chi connectivity index (χ1v) is 11.5. The van der Waals surface area contributed by atoms with Crippen molar-refractivity contribution in [1.82, 2.24) is 15.2 Å². The number of piperidine rings is 1. The van der Waals surface area contributed by atoms with Crippen LogP contribution in [0.2, 0.25) is 0 Å². The summed E-state index contributed by atoms with van der Waals surface area (Å²) in [6.07, 6.45) is 0.728. The van der Waals surface area contributed by atoms with Gasteiger partial charge in [0.2, 0.25) is 5.91 Å². The number of pyridine rings is 1. The smallest absolute Gasteiger partial charge is 0.475 e. The summed E-state index contributed by atoms with van der Waals surface area (Å²) in [5.74, 6) is -2.91. The van der Waals surface area contributed by atoms with Crippen molar-refractivity contribution >= 4 is 23.5 Å². The predicted octanol–water partition coefficient (Wildman–Crippen LogP) is 3.02. The zero-order chi connectivity index (χ0) is 27.1. The Morgan fingerprint density at radius 3 is 2.49 bits per heavy atom. The summed E-state index contributed by atoms with van der Waals surface area (Å²) < 4.78 is 31.7. The van der Waals surface area contributed by atoms with Crippen molar-refractivity contribution in [3.63, 3.8) is 0 Å². The van der Waals surface area contributed by atoms with E-state index in [0.29, 0.717) is 38.2 Å². The number of likely N-dealkylation sites (tertiary alicyclic amines) is 1. The molecule has 12 heteroatoms. The van der Waals surface area contributed by atoms with Gasteiger partial charge >= 0.3 is 12.1 Å². The van der Waals surface area contributed by atoms with Crippen LogP contribution in [-0.2, 0) is 32.2 Å². The topological polar surface area (TPSA) is 121 Å². The number of carboxylic acid groups (broad SMARTS) is 1. The summed E-state index contributed by atoms with van der Waals surface area (Å²) >= 11 is 0. The summed E-state index contributed by atoms with van der Waals surface area (Å²) in [6.45, 7) is 3.58. The number of amides is 2. The molecule has 37 heavy (non-hydrogen) atoms. The predicted molar refractivity (Wildman–Crippen MR) is 126 cm³/mol. The van der Waals surface area contributed by atoms with E-state index < -0.39 is 17.7 Å². The average molecular weight is 521 g/mol. The second kappa shape index (κ2) is 11.8. The van der Waals surface area contributed by atoms with E-state index in [-0.39, 0.29) is 11.8 Å². The van der Waals surface area contributed by atoms with Gasteiger partial charge in [0.05, 0.1) is 13.0 Å². The first-order chi connectivity index (χ1) is 17.5. The van der Waals surface area contributed by atoms with Crippen LogP contribution in [0.15, 0.2) is 53.9 Å². The van der Waals surface area contributed by atoms with Crippen molar-refractivity contribution < 1.29 is 37.5 Å². The standard InChI is InChI=1S/C23H26N4O3.C2HF3O2/c1-17-5-7-18(8-6-17)12-21(28)27-11-3-9-23(16-27)13-20(26-30-23)22(29)25-15-19-4-2-10-24-14-19;3-2(4,5)1(6)7/h2,4-8,10,14H,3,9,11-13,15-16H2,1H3,(H,25,29);(H,6,7). The Hall–Kier alpha value is -3.96. The minimum Gasteiger partial charge on any atom is -0.475 e. The van der Waals surface area contributed by atoms with Crippen LogP contribution in [0.3, 0.4) is 0 Å². The zero-order valence-corrected chi connectivity index (χ0v) is 20.1. The normalized spacial score (nSPS) is 18.8. The number of aliphatic carboxylic acids is 1. The van der Waals surface area contributed by atoms with Crippen LogP contribution in [0, 0.1) is 6.92 Å². The van der Waals surface area contributed by atoms with E-state index in [0.717, 1.165) is 24.0 Å². The second-order valence-corrected chi connectivity index (χ2v) is 8.92. The van der Waals surface area contributed by atoms with Gasteiger partial charge in [-0.2, -0.15) is 13.2 Å². The molecule has 2 aliphatic rings. The van der Waals surface area contributed by atoms with E-state index in [4.69, 9.17) is 14.7 Å². The van der Waals surface area contributed by atoms with Crippen LogP contribution in [0.4, 0.5) is 13.2 Å². The van der Waals surface area contributed by atoms with Crippen molar-refractivity contribution in [1.29, 1.82) is 0 Å². The van der Waals surface area contributed by atoms with Crippen LogP contribution in [0.25, 0.3) is 0 Å². The van der Waals surface area contributed by atoms with Crippen molar-refractivity contribution in [2.24, 2.45) is 5.16 Å². The molecule has 2 amide bonds. The molecular formula is C25H27F3N4O5. The van der Waals surface area contributed by atoms with Crippen LogP contribution in [0.5, 0.6) is 0 Å². The third-order valence-corrected chi connectivity index (χ3v) is 5.89. The Balaban J connectivity index is 0.000000479. The lowest BCUT2D eigenvalue weighted by Gasteiger charge is -2.38.